The van der Waals surface area contributed by atoms with Gasteiger partial charge in [-0.2, -0.15) is 5.10 Å². The number of nitrogens with zero attached hydrogens (tertiary/aromatic N) is 2. The number of hydrogen-bond donors (Lipinski definition) is 2. The zero-order chi connectivity index (χ0) is 15.6. The zero-order valence-electron chi connectivity index (χ0n) is 12.8. The summed E-state index contributed by atoms with van der Waals surface area (Å²) in [5.41, 5.74) is 8.98. The number of hydrogen-bond acceptors (Lipinski definition) is 4. The topological polar surface area (TPSA) is 65.1 Å². The van der Waals surface area contributed by atoms with Crippen molar-refractivity contribution >= 4 is 11.4 Å². The van der Waals surface area contributed by atoms with Crippen LogP contribution in [0.15, 0.2) is 18.3 Å². The molecule has 0 radical (unpaired) electrons. The fourth-order valence-electron chi connectivity index (χ4n) is 1.97. The van der Waals surface area contributed by atoms with E-state index in [2.05, 4.69) is 10.4 Å². The minimum atomic E-state index is -0.454. The number of nitrogens with one attached hydrogen (secondary N) is 1. The van der Waals surface area contributed by atoms with E-state index in [0.717, 1.165) is 11.3 Å². The molecule has 114 valence electrons. The molecule has 1 heterocycles. The number of halogens is 1. The molecule has 3 N–H and O–H groups in total. The quantitative estimate of drug-likeness (QED) is 0.832. The molecule has 0 aliphatic carbocycles. The van der Waals surface area contributed by atoms with Gasteiger partial charge in [0.15, 0.2) is 11.6 Å². The van der Waals surface area contributed by atoms with Crippen molar-refractivity contribution in [1.82, 2.24) is 9.78 Å². The van der Waals surface area contributed by atoms with Gasteiger partial charge in [0, 0.05) is 37.0 Å². The molecule has 0 amide bonds. The third-order valence-electron chi connectivity index (χ3n) is 3.27. The van der Waals surface area contributed by atoms with Crippen molar-refractivity contribution in [3.05, 3.63) is 35.4 Å². The third kappa shape index (κ3) is 3.45. The van der Waals surface area contributed by atoms with Gasteiger partial charge in [-0.15, -0.1) is 0 Å². The van der Waals surface area contributed by atoms with Gasteiger partial charge in [0.2, 0.25) is 0 Å². The molecule has 1 aromatic heterocycles. The lowest BCUT2D eigenvalue weighted by atomic mass is 10.2. The number of ether oxygens (including phenoxy) is 1. The molecule has 0 bridgehead atoms. The Hall–Kier alpha value is -2.24. The second kappa shape index (κ2) is 6.03. The van der Waals surface area contributed by atoms with Crippen molar-refractivity contribution in [2.45, 2.75) is 33.4 Å². The number of nitrogens with two attached hydrogens (primary N) is 1. The molecule has 1 aromatic carbocycles. The van der Waals surface area contributed by atoms with Gasteiger partial charge in [-0.1, -0.05) is 0 Å². The second-order valence-corrected chi connectivity index (χ2v) is 5.27. The fraction of sp³-hybridized carbons (Fsp3) is 0.400. The molecular formula is C15H21FN4O. The largest absolute Gasteiger partial charge is 0.488 e. The molecule has 2 aromatic rings. The molecule has 21 heavy (non-hydrogen) atoms. The normalized spacial score (nSPS) is 11.0. The zero-order valence-corrected chi connectivity index (χ0v) is 12.8. The summed E-state index contributed by atoms with van der Waals surface area (Å²) < 4.78 is 21.0. The molecule has 5 nitrogen and oxygen atoms in total. The number of aromatic nitrogens is 2. The Morgan fingerprint density at radius 3 is 2.71 bits per heavy atom. The van der Waals surface area contributed by atoms with Crippen LogP contribution in [-0.2, 0) is 13.6 Å². The highest BCUT2D eigenvalue weighted by molar-refractivity contribution is 5.68. The minimum absolute atomic E-state index is 0.100. The van der Waals surface area contributed by atoms with E-state index in [0.29, 0.717) is 17.9 Å². The van der Waals surface area contributed by atoms with Gasteiger partial charge < -0.3 is 15.8 Å². The van der Waals surface area contributed by atoms with Gasteiger partial charge in [-0.3, -0.25) is 4.68 Å². The Kier molecular flexibility index (Phi) is 4.35. The Labute approximate surface area is 123 Å². The number of rotatable bonds is 5. The van der Waals surface area contributed by atoms with Gasteiger partial charge in [0.05, 0.1) is 23.7 Å². The van der Waals surface area contributed by atoms with E-state index in [1.165, 1.54) is 6.07 Å². The Balaban J connectivity index is 2.17. The first-order valence-corrected chi connectivity index (χ1v) is 6.85. The number of nitrogen functional groups attached to an aromatic ring is 1. The predicted octanol–water partition coefficient (Wildman–Crippen LogP) is 2.85. The second-order valence-electron chi connectivity index (χ2n) is 5.27. The van der Waals surface area contributed by atoms with E-state index < -0.39 is 5.82 Å². The Bertz CT molecular complexity index is 637. The van der Waals surface area contributed by atoms with E-state index in [1.807, 2.05) is 27.8 Å². The monoisotopic (exact) mass is 292 g/mol. The molecule has 6 heteroatoms. The van der Waals surface area contributed by atoms with Crippen LogP contribution in [0.1, 0.15) is 25.1 Å². The van der Waals surface area contributed by atoms with E-state index in [4.69, 9.17) is 10.5 Å². The Morgan fingerprint density at radius 2 is 2.14 bits per heavy atom. The highest BCUT2D eigenvalue weighted by Crippen LogP contribution is 2.29. The summed E-state index contributed by atoms with van der Waals surface area (Å²) in [5.74, 6) is -0.256. The summed E-state index contributed by atoms with van der Waals surface area (Å²) in [6.45, 7) is 6.26. The maximum Gasteiger partial charge on any atom is 0.167 e. The van der Waals surface area contributed by atoms with Gasteiger partial charge in [0.1, 0.15) is 0 Å². The number of aryl methyl sites for hydroxylation is 1. The lowest BCUT2D eigenvalue weighted by Gasteiger charge is -2.15. The summed E-state index contributed by atoms with van der Waals surface area (Å²) in [4.78, 5) is 0. The van der Waals surface area contributed by atoms with E-state index in [1.54, 1.807) is 16.9 Å². The first kappa shape index (κ1) is 15.2. The lowest BCUT2D eigenvalue weighted by Crippen LogP contribution is -2.09. The molecule has 2 rings (SSSR count). The fourth-order valence-corrected chi connectivity index (χ4v) is 1.97. The summed E-state index contributed by atoms with van der Waals surface area (Å²) in [6.07, 6.45) is 1.70. The van der Waals surface area contributed by atoms with Crippen LogP contribution in [0.25, 0.3) is 0 Å². The maximum absolute atomic E-state index is 13.8. The van der Waals surface area contributed by atoms with Crippen LogP contribution in [0, 0.1) is 12.7 Å². The smallest absolute Gasteiger partial charge is 0.167 e. The molecule has 0 saturated heterocycles. The van der Waals surface area contributed by atoms with Crippen molar-refractivity contribution in [1.29, 1.82) is 0 Å². The van der Waals surface area contributed by atoms with Crippen LogP contribution < -0.4 is 15.8 Å². The van der Waals surface area contributed by atoms with Gasteiger partial charge in [0.25, 0.3) is 0 Å². The summed E-state index contributed by atoms with van der Waals surface area (Å²) in [6, 6.07) is 2.87. The predicted molar refractivity (Wildman–Crippen MR) is 81.8 cm³/mol. The van der Waals surface area contributed by atoms with Crippen LogP contribution in [0.5, 0.6) is 5.75 Å². The van der Waals surface area contributed by atoms with Gasteiger partial charge in [-0.05, 0) is 20.8 Å². The van der Waals surface area contributed by atoms with Crippen molar-refractivity contribution in [3.8, 4) is 5.75 Å². The van der Waals surface area contributed by atoms with Crippen LogP contribution in [0.2, 0.25) is 0 Å². The molecule has 0 aliphatic rings. The highest BCUT2D eigenvalue weighted by Gasteiger charge is 2.11. The van der Waals surface area contributed by atoms with Crippen molar-refractivity contribution in [2.75, 3.05) is 11.1 Å². The van der Waals surface area contributed by atoms with Crippen LogP contribution in [0.4, 0.5) is 15.8 Å². The van der Waals surface area contributed by atoms with Gasteiger partial charge in [-0.25, -0.2) is 4.39 Å². The number of benzene rings is 1. The van der Waals surface area contributed by atoms with Crippen molar-refractivity contribution in [2.24, 2.45) is 7.05 Å². The van der Waals surface area contributed by atoms with Crippen molar-refractivity contribution < 1.29 is 9.13 Å². The molecule has 0 saturated carbocycles. The van der Waals surface area contributed by atoms with Crippen LogP contribution in [0.3, 0.4) is 0 Å². The average molecular weight is 292 g/mol. The van der Waals surface area contributed by atoms with Gasteiger partial charge >= 0.3 is 0 Å². The van der Waals surface area contributed by atoms with Crippen LogP contribution >= 0.6 is 0 Å². The molecule has 0 aliphatic heterocycles. The molecule has 0 atom stereocenters. The summed E-state index contributed by atoms with van der Waals surface area (Å²) >= 11 is 0. The van der Waals surface area contributed by atoms with Crippen molar-refractivity contribution in [3.63, 3.8) is 0 Å². The SMILES string of the molecule is Cc1c(CNc2cc(OC(C)C)c(F)cc2N)cnn1C. The minimum Gasteiger partial charge on any atom is -0.488 e. The number of anilines is 2. The summed E-state index contributed by atoms with van der Waals surface area (Å²) in [7, 11) is 1.89. The van der Waals surface area contributed by atoms with Crippen LogP contribution in [-0.4, -0.2) is 15.9 Å². The summed E-state index contributed by atoms with van der Waals surface area (Å²) in [5, 5.41) is 7.38. The first-order valence-electron chi connectivity index (χ1n) is 6.85. The maximum atomic E-state index is 13.8. The Morgan fingerprint density at radius 1 is 1.43 bits per heavy atom. The highest BCUT2D eigenvalue weighted by atomic mass is 19.1. The van der Waals surface area contributed by atoms with E-state index >= 15 is 0 Å². The van der Waals surface area contributed by atoms with E-state index in [-0.39, 0.29) is 11.9 Å². The third-order valence-corrected chi connectivity index (χ3v) is 3.27. The first-order chi connectivity index (χ1) is 9.88. The lowest BCUT2D eigenvalue weighted by molar-refractivity contribution is 0.231. The molecular weight excluding hydrogens is 271 g/mol. The standard InChI is InChI=1S/C15H21FN4O/c1-9(2)21-15-6-14(13(17)5-12(15)16)18-7-11-8-19-20(4)10(11)3/h5-6,8-9,18H,7,17H2,1-4H3. The molecule has 0 spiro atoms. The molecule has 0 fully saturated rings. The molecule has 0 unspecified atom stereocenters. The van der Waals surface area contributed by atoms with E-state index in [9.17, 15) is 4.39 Å². The average Bonchev–Trinajstić information content (AvgIpc) is 2.71.